The molecule has 0 radical (unpaired) electrons. The molecule has 3 aromatic rings. The van der Waals surface area contributed by atoms with Gasteiger partial charge in [-0.2, -0.15) is 0 Å². The first-order valence-corrected chi connectivity index (χ1v) is 10.6. The highest BCUT2D eigenvalue weighted by Gasteiger charge is 2.34. The quantitative estimate of drug-likeness (QED) is 0.680. The molecule has 0 spiro atoms. The van der Waals surface area contributed by atoms with Gasteiger partial charge in [0.1, 0.15) is 5.82 Å². The Morgan fingerprint density at radius 1 is 1.00 bits per heavy atom. The SMILES string of the molecule is OC(CC1c2ccccc2-c2nccn21)C1CCC(OCc2ccccn2)CC1. The first-order chi connectivity index (χ1) is 14.3. The van der Waals surface area contributed by atoms with Crippen LogP contribution in [0.4, 0.5) is 0 Å². The predicted molar refractivity (Wildman–Crippen MR) is 111 cm³/mol. The Balaban J connectivity index is 1.17. The highest BCUT2D eigenvalue weighted by molar-refractivity contribution is 5.66. The molecule has 2 aromatic heterocycles. The Kier molecular flexibility index (Phi) is 5.17. The fourth-order valence-electron chi connectivity index (χ4n) is 4.90. The lowest BCUT2D eigenvalue weighted by Gasteiger charge is -2.32. The molecule has 3 heterocycles. The zero-order chi connectivity index (χ0) is 19.6. The van der Waals surface area contributed by atoms with Crippen molar-refractivity contribution in [1.82, 2.24) is 14.5 Å². The molecule has 1 aromatic carbocycles. The van der Waals surface area contributed by atoms with Crippen LogP contribution >= 0.6 is 0 Å². The second-order valence-corrected chi connectivity index (χ2v) is 8.23. The molecule has 5 heteroatoms. The van der Waals surface area contributed by atoms with Crippen LogP contribution in [-0.4, -0.2) is 31.8 Å². The largest absolute Gasteiger partial charge is 0.393 e. The zero-order valence-corrected chi connectivity index (χ0v) is 16.5. The normalized spacial score (nSPS) is 24.1. The third kappa shape index (κ3) is 3.72. The van der Waals surface area contributed by atoms with Crippen molar-refractivity contribution in [2.45, 2.75) is 57.0 Å². The number of imidazole rings is 1. The van der Waals surface area contributed by atoms with Gasteiger partial charge in [-0.25, -0.2) is 4.98 Å². The number of aromatic nitrogens is 3. The predicted octanol–water partition coefficient (Wildman–Crippen LogP) is 4.37. The van der Waals surface area contributed by atoms with Crippen molar-refractivity contribution in [3.63, 3.8) is 0 Å². The number of fused-ring (bicyclic) bond motifs is 3. The van der Waals surface area contributed by atoms with Gasteiger partial charge in [-0.3, -0.25) is 4.98 Å². The molecule has 29 heavy (non-hydrogen) atoms. The molecule has 1 aliphatic heterocycles. The third-order valence-electron chi connectivity index (χ3n) is 6.49. The highest BCUT2D eigenvalue weighted by atomic mass is 16.5. The number of rotatable bonds is 6. The van der Waals surface area contributed by atoms with Gasteiger partial charge in [0.2, 0.25) is 0 Å². The molecule has 2 aliphatic rings. The van der Waals surface area contributed by atoms with Gasteiger partial charge in [-0.05, 0) is 55.7 Å². The minimum absolute atomic E-state index is 0.178. The third-order valence-corrected chi connectivity index (χ3v) is 6.49. The number of benzene rings is 1. The number of nitrogens with zero attached hydrogens (tertiary/aromatic N) is 3. The Labute approximate surface area is 171 Å². The molecule has 0 amide bonds. The summed E-state index contributed by atoms with van der Waals surface area (Å²) in [5.41, 5.74) is 3.45. The van der Waals surface area contributed by atoms with Crippen molar-refractivity contribution in [3.05, 3.63) is 72.3 Å². The summed E-state index contributed by atoms with van der Waals surface area (Å²) in [6.07, 6.45) is 10.4. The lowest BCUT2D eigenvalue weighted by molar-refractivity contribution is -0.0170. The Hall–Kier alpha value is -2.50. The number of pyridine rings is 1. The van der Waals surface area contributed by atoms with Crippen LogP contribution in [0.25, 0.3) is 11.4 Å². The van der Waals surface area contributed by atoms with Gasteiger partial charge < -0.3 is 14.4 Å². The fourth-order valence-corrected chi connectivity index (χ4v) is 4.90. The summed E-state index contributed by atoms with van der Waals surface area (Å²) in [6, 6.07) is 14.5. The second kappa shape index (κ2) is 8.09. The summed E-state index contributed by atoms with van der Waals surface area (Å²) in [6.45, 7) is 0.570. The maximum atomic E-state index is 11.0. The highest BCUT2D eigenvalue weighted by Crippen LogP contribution is 2.42. The van der Waals surface area contributed by atoms with E-state index in [4.69, 9.17) is 4.74 Å². The van der Waals surface area contributed by atoms with E-state index >= 15 is 0 Å². The number of hydrogen-bond donors (Lipinski definition) is 1. The van der Waals surface area contributed by atoms with E-state index in [9.17, 15) is 5.11 Å². The monoisotopic (exact) mass is 389 g/mol. The fraction of sp³-hybridized carbons (Fsp3) is 0.417. The van der Waals surface area contributed by atoms with Gasteiger partial charge in [0.05, 0.1) is 30.6 Å². The van der Waals surface area contributed by atoms with Gasteiger partial charge in [0.15, 0.2) is 0 Å². The van der Waals surface area contributed by atoms with Crippen molar-refractivity contribution < 1.29 is 9.84 Å². The van der Waals surface area contributed by atoms with Gasteiger partial charge >= 0.3 is 0 Å². The molecule has 5 rings (SSSR count). The van der Waals surface area contributed by atoms with E-state index in [0.717, 1.165) is 43.6 Å². The maximum Gasteiger partial charge on any atom is 0.140 e. The van der Waals surface area contributed by atoms with Crippen molar-refractivity contribution in [2.75, 3.05) is 0 Å². The van der Waals surface area contributed by atoms with E-state index < -0.39 is 0 Å². The lowest BCUT2D eigenvalue weighted by Crippen LogP contribution is -2.30. The number of aliphatic hydroxyl groups excluding tert-OH is 1. The lowest BCUT2D eigenvalue weighted by atomic mass is 9.81. The zero-order valence-electron chi connectivity index (χ0n) is 16.5. The van der Waals surface area contributed by atoms with Crippen molar-refractivity contribution >= 4 is 0 Å². The molecule has 2 unspecified atom stereocenters. The summed E-state index contributed by atoms with van der Waals surface area (Å²) < 4.78 is 8.27. The standard InChI is InChI=1S/C24H27N3O2/c28-23(15-22-20-6-1-2-7-21(20)24-26-13-14-27(22)24)17-8-10-19(11-9-17)29-16-18-5-3-4-12-25-18/h1-7,12-14,17,19,22-23,28H,8-11,15-16H2. The number of aliphatic hydroxyl groups is 1. The molecule has 150 valence electrons. The van der Waals surface area contributed by atoms with Crippen LogP contribution in [0.15, 0.2) is 61.1 Å². The van der Waals surface area contributed by atoms with Crippen LogP contribution in [0.1, 0.15) is 49.4 Å². The minimum atomic E-state index is -0.307. The average Bonchev–Trinajstić information content (AvgIpc) is 3.36. The van der Waals surface area contributed by atoms with Gasteiger partial charge in [-0.1, -0.05) is 30.3 Å². The van der Waals surface area contributed by atoms with Crippen LogP contribution in [0.3, 0.4) is 0 Å². The second-order valence-electron chi connectivity index (χ2n) is 8.23. The van der Waals surface area contributed by atoms with Crippen molar-refractivity contribution in [3.8, 4) is 11.4 Å². The Morgan fingerprint density at radius 2 is 1.83 bits per heavy atom. The van der Waals surface area contributed by atoms with E-state index in [1.54, 1.807) is 6.20 Å². The summed E-state index contributed by atoms with van der Waals surface area (Å²) in [5.74, 6) is 1.36. The van der Waals surface area contributed by atoms with E-state index in [0.29, 0.717) is 12.5 Å². The molecular weight excluding hydrogens is 362 g/mol. The van der Waals surface area contributed by atoms with E-state index in [1.165, 1.54) is 11.1 Å². The minimum Gasteiger partial charge on any atom is -0.393 e. The summed E-state index contributed by atoms with van der Waals surface area (Å²) >= 11 is 0. The van der Waals surface area contributed by atoms with Crippen molar-refractivity contribution in [1.29, 1.82) is 0 Å². The van der Waals surface area contributed by atoms with Gasteiger partial charge in [0, 0.05) is 24.2 Å². The van der Waals surface area contributed by atoms with E-state index in [-0.39, 0.29) is 18.2 Å². The van der Waals surface area contributed by atoms with Gasteiger partial charge in [0.25, 0.3) is 0 Å². The first kappa shape index (κ1) is 18.5. The molecular formula is C24H27N3O2. The molecule has 5 nitrogen and oxygen atoms in total. The molecule has 1 saturated carbocycles. The summed E-state index contributed by atoms with van der Waals surface area (Å²) in [5, 5.41) is 11.0. The molecule has 1 fully saturated rings. The van der Waals surface area contributed by atoms with Gasteiger partial charge in [-0.15, -0.1) is 0 Å². The van der Waals surface area contributed by atoms with E-state index in [1.807, 2.05) is 30.6 Å². The number of ether oxygens (including phenoxy) is 1. The van der Waals surface area contributed by atoms with Crippen LogP contribution in [0.5, 0.6) is 0 Å². The average molecular weight is 389 g/mol. The van der Waals surface area contributed by atoms with Crippen molar-refractivity contribution in [2.24, 2.45) is 5.92 Å². The molecule has 1 N–H and O–H groups in total. The van der Waals surface area contributed by atoms with Crippen LogP contribution in [0.2, 0.25) is 0 Å². The Morgan fingerprint density at radius 3 is 2.66 bits per heavy atom. The van der Waals surface area contributed by atoms with Crippen LogP contribution in [0, 0.1) is 5.92 Å². The molecule has 1 aliphatic carbocycles. The smallest absolute Gasteiger partial charge is 0.140 e. The molecule has 0 saturated heterocycles. The van der Waals surface area contributed by atoms with Crippen LogP contribution in [-0.2, 0) is 11.3 Å². The Bertz CT molecular complexity index is 948. The number of hydrogen-bond acceptors (Lipinski definition) is 4. The van der Waals surface area contributed by atoms with Crippen LogP contribution < -0.4 is 0 Å². The van der Waals surface area contributed by atoms with E-state index in [2.05, 4.69) is 38.8 Å². The molecule has 0 bridgehead atoms. The first-order valence-electron chi connectivity index (χ1n) is 10.6. The molecule has 2 atom stereocenters. The summed E-state index contributed by atoms with van der Waals surface area (Å²) in [7, 11) is 0. The maximum absolute atomic E-state index is 11.0. The topological polar surface area (TPSA) is 60.2 Å². The summed E-state index contributed by atoms with van der Waals surface area (Å²) in [4.78, 5) is 8.85.